The molecule has 90 valence electrons. The number of pyridine rings is 1. The third-order valence-electron chi connectivity index (χ3n) is 2.05. The molecule has 0 fully saturated rings. The Morgan fingerprint density at radius 3 is 3.06 bits per heavy atom. The van der Waals surface area contributed by atoms with Crippen molar-refractivity contribution in [2.75, 3.05) is 18.9 Å². The van der Waals surface area contributed by atoms with Crippen LogP contribution >= 0.6 is 27.7 Å². The highest BCUT2D eigenvalue weighted by Gasteiger charge is 2.08. The predicted molar refractivity (Wildman–Crippen MR) is 71.8 cm³/mol. The number of aliphatic hydroxyl groups excluding tert-OH is 1. The summed E-state index contributed by atoms with van der Waals surface area (Å²) in [6.07, 6.45) is 2.86. The van der Waals surface area contributed by atoms with Crippen LogP contribution in [-0.4, -0.2) is 35.0 Å². The van der Waals surface area contributed by atoms with Gasteiger partial charge in [0, 0.05) is 22.5 Å². The molecule has 0 saturated heterocycles. The average Bonchev–Trinajstić information content (AvgIpc) is 2.31. The first-order valence-corrected chi connectivity index (χ1v) is 7.13. The van der Waals surface area contributed by atoms with E-state index in [4.69, 9.17) is 0 Å². The van der Waals surface area contributed by atoms with Gasteiger partial charge in [-0.15, -0.1) is 11.8 Å². The molecule has 0 amide bonds. The zero-order valence-corrected chi connectivity index (χ0v) is 11.7. The Labute approximate surface area is 109 Å². The Kier molecular flexibility index (Phi) is 7.03. The fraction of sp³-hybridized carbons (Fsp3) is 0.545. The summed E-state index contributed by atoms with van der Waals surface area (Å²) >= 11 is 5.10. The van der Waals surface area contributed by atoms with E-state index in [1.807, 2.05) is 12.1 Å². The van der Waals surface area contributed by atoms with Gasteiger partial charge >= 0.3 is 0 Å². The molecule has 0 aliphatic carbocycles. The summed E-state index contributed by atoms with van der Waals surface area (Å²) in [5.41, 5.74) is 0. The third kappa shape index (κ3) is 4.82. The van der Waals surface area contributed by atoms with Crippen LogP contribution in [0.2, 0.25) is 0 Å². The first-order valence-electron chi connectivity index (χ1n) is 5.35. The molecular weight excluding hydrogens is 288 g/mol. The Balaban J connectivity index is 2.40. The van der Waals surface area contributed by atoms with Crippen molar-refractivity contribution in [3.8, 4) is 0 Å². The van der Waals surface area contributed by atoms with Crippen molar-refractivity contribution in [3.05, 3.63) is 22.8 Å². The summed E-state index contributed by atoms with van der Waals surface area (Å²) in [5, 5.41) is 13.5. The number of hydrogen-bond acceptors (Lipinski definition) is 4. The van der Waals surface area contributed by atoms with E-state index in [-0.39, 0.29) is 12.6 Å². The zero-order chi connectivity index (χ0) is 11.8. The van der Waals surface area contributed by atoms with Crippen LogP contribution in [0.15, 0.2) is 27.8 Å². The van der Waals surface area contributed by atoms with Crippen LogP contribution in [0.1, 0.15) is 13.3 Å². The molecule has 1 unspecified atom stereocenters. The molecule has 16 heavy (non-hydrogen) atoms. The van der Waals surface area contributed by atoms with E-state index in [2.05, 4.69) is 33.2 Å². The highest BCUT2D eigenvalue weighted by molar-refractivity contribution is 9.10. The van der Waals surface area contributed by atoms with Gasteiger partial charge in [-0.3, -0.25) is 0 Å². The second-order valence-electron chi connectivity index (χ2n) is 3.44. The van der Waals surface area contributed by atoms with E-state index < -0.39 is 0 Å². The number of rotatable bonds is 7. The molecule has 0 radical (unpaired) electrons. The number of nitrogens with zero attached hydrogens (tertiary/aromatic N) is 1. The number of aromatic nitrogens is 1. The molecule has 0 saturated carbocycles. The summed E-state index contributed by atoms with van der Waals surface area (Å²) in [4.78, 5) is 4.27. The average molecular weight is 305 g/mol. The fourth-order valence-electron chi connectivity index (χ4n) is 1.18. The van der Waals surface area contributed by atoms with Gasteiger partial charge in [0.05, 0.1) is 6.61 Å². The van der Waals surface area contributed by atoms with Crippen molar-refractivity contribution < 1.29 is 5.11 Å². The number of nitrogens with one attached hydrogen (secondary N) is 1. The molecule has 1 aromatic heterocycles. The normalized spacial score (nSPS) is 12.7. The van der Waals surface area contributed by atoms with Crippen LogP contribution in [0.25, 0.3) is 0 Å². The molecule has 1 rings (SSSR count). The molecule has 0 spiro atoms. The van der Waals surface area contributed by atoms with Crippen LogP contribution < -0.4 is 5.32 Å². The summed E-state index contributed by atoms with van der Waals surface area (Å²) in [6.45, 7) is 3.22. The molecule has 0 aromatic carbocycles. The zero-order valence-electron chi connectivity index (χ0n) is 9.32. The Hall–Kier alpha value is -0.100. The first-order chi connectivity index (χ1) is 7.77. The molecule has 3 nitrogen and oxygen atoms in total. The van der Waals surface area contributed by atoms with Crippen molar-refractivity contribution in [2.24, 2.45) is 0 Å². The Bertz CT molecular complexity index is 312. The van der Waals surface area contributed by atoms with E-state index in [0.717, 1.165) is 28.2 Å². The lowest BCUT2D eigenvalue weighted by atomic mass is 10.3. The van der Waals surface area contributed by atoms with Crippen molar-refractivity contribution in [3.63, 3.8) is 0 Å². The Morgan fingerprint density at radius 1 is 1.62 bits per heavy atom. The molecule has 1 aromatic rings. The van der Waals surface area contributed by atoms with Gasteiger partial charge in [-0.1, -0.05) is 6.92 Å². The topological polar surface area (TPSA) is 45.1 Å². The number of aliphatic hydroxyl groups is 1. The van der Waals surface area contributed by atoms with Crippen molar-refractivity contribution in [1.29, 1.82) is 0 Å². The largest absolute Gasteiger partial charge is 0.395 e. The molecule has 2 N–H and O–H groups in total. The molecule has 1 heterocycles. The van der Waals surface area contributed by atoms with Crippen molar-refractivity contribution in [2.45, 2.75) is 24.4 Å². The van der Waals surface area contributed by atoms with E-state index in [1.54, 1.807) is 18.0 Å². The molecule has 5 heteroatoms. The molecule has 0 aliphatic heterocycles. The second-order valence-corrected chi connectivity index (χ2v) is 5.30. The van der Waals surface area contributed by atoms with Crippen molar-refractivity contribution >= 4 is 27.7 Å². The van der Waals surface area contributed by atoms with Crippen LogP contribution in [0.4, 0.5) is 0 Å². The van der Waals surface area contributed by atoms with Gasteiger partial charge in [-0.05, 0) is 41.0 Å². The quantitative estimate of drug-likeness (QED) is 0.759. The maximum absolute atomic E-state index is 9.19. The van der Waals surface area contributed by atoms with Gasteiger partial charge in [0.25, 0.3) is 0 Å². The second kappa shape index (κ2) is 8.06. The lowest BCUT2D eigenvalue weighted by molar-refractivity contribution is 0.254. The maximum atomic E-state index is 9.19. The molecule has 0 aliphatic rings. The minimum atomic E-state index is 0.138. The summed E-state index contributed by atoms with van der Waals surface area (Å²) in [5.74, 6) is 0.826. The van der Waals surface area contributed by atoms with Gasteiger partial charge in [-0.25, -0.2) is 4.98 Å². The predicted octanol–water partition coefficient (Wildman–Crippen LogP) is 2.30. The van der Waals surface area contributed by atoms with Crippen LogP contribution in [0.5, 0.6) is 0 Å². The van der Waals surface area contributed by atoms with E-state index in [1.165, 1.54) is 0 Å². The number of halogens is 1. The first kappa shape index (κ1) is 14.0. The number of thioether (sulfide) groups is 1. The lowest BCUT2D eigenvalue weighted by Crippen LogP contribution is -2.35. The van der Waals surface area contributed by atoms with Gasteiger partial charge in [0.2, 0.25) is 0 Å². The Morgan fingerprint density at radius 2 is 2.44 bits per heavy atom. The summed E-state index contributed by atoms with van der Waals surface area (Å²) < 4.78 is 1.01. The van der Waals surface area contributed by atoms with Gasteiger partial charge in [0.1, 0.15) is 5.03 Å². The summed E-state index contributed by atoms with van der Waals surface area (Å²) in [6, 6.07) is 4.01. The third-order valence-corrected chi connectivity index (χ3v) is 4.12. The molecular formula is C11H17BrN2OS. The maximum Gasteiger partial charge on any atom is 0.110 e. The van der Waals surface area contributed by atoms with Gasteiger partial charge < -0.3 is 10.4 Å². The minimum Gasteiger partial charge on any atom is -0.395 e. The lowest BCUT2D eigenvalue weighted by Gasteiger charge is -2.15. The molecule has 0 bridgehead atoms. The van der Waals surface area contributed by atoms with Crippen LogP contribution in [0.3, 0.4) is 0 Å². The number of hydrogen-bond donors (Lipinski definition) is 2. The van der Waals surface area contributed by atoms with Gasteiger partial charge in [0.15, 0.2) is 0 Å². The van der Waals surface area contributed by atoms with E-state index in [0.29, 0.717) is 0 Å². The van der Waals surface area contributed by atoms with Crippen LogP contribution in [0, 0.1) is 0 Å². The summed E-state index contributed by atoms with van der Waals surface area (Å²) in [7, 11) is 0. The van der Waals surface area contributed by atoms with E-state index in [9.17, 15) is 5.11 Å². The smallest absolute Gasteiger partial charge is 0.110 e. The minimum absolute atomic E-state index is 0.138. The van der Waals surface area contributed by atoms with Crippen molar-refractivity contribution in [1.82, 2.24) is 10.3 Å². The highest BCUT2D eigenvalue weighted by Crippen LogP contribution is 2.24. The van der Waals surface area contributed by atoms with E-state index >= 15 is 0 Å². The molecule has 1 atom stereocenters. The van der Waals surface area contributed by atoms with Crippen LogP contribution in [-0.2, 0) is 0 Å². The monoisotopic (exact) mass is 304 g/mol. The SMILES string of the molecule is CCCNC(CO)CSc1ncccc1Br. The fourth-order valence-corrected chi connectivity index (χ4v) is 2.70. The standard InChI is InChI=1S/C11H17BrN2OS/c1-2-5-13-9(7-15)8-16-11-10(12)4-3-6-14-11/h3-4,6,9,13,15H,2,5,7-8H2,1H3. The highest BCUT2D eigenvalue weighted by atomic mass is 79.9. The van der Waals surface area contributed by atoms with Gasteiger partial charge in [-0.2, -0.15) is 0 Å².